The predicted molar refractivity (Wildman–Crippen MR) is 151 cm³/mol. The van der Waals surface area contributed by atoms with Crippen LogP contribution in [0.5, 0.6) is 0 Å². The highest BCUT2D eigenvalue weighted by molar-refractivity contribution is 14.2. The predicted octanol–water partition coefficient (Wildman–Crippen LogP) is 6.19. The zero-order valence-corrected chi connectivity index (χ0v) is 22.8. The second-order valence-corrected chi connectivity index (χ2v) is 11.6. The Kier molecular flexibility index (Phi) is 8.85. The van der Waals surface area contributed by atoms with Gasteiger partial charge in [0.2, 0.25) is 0 Å². The van der Waals surface area contributed by atoms with E-state index >= 15 is 0 Å². The van der Waals surface area contributed by atoms with Gasteiger partial charge in [-0.2, -0.15) is 8.78 Å². The maximum Gasteiger partial charge on any atom is 0.316 e. The quantitative estimate of drug-likeness (QED) is 0.228. The molecule has 36 heavy (non-hydrogen) atoms. The van der Waals surface area contributed by atoms with Gasteiger partial charge < -0.3 is 10.2 Å². The number of aromatic nitrogens is 1. The van der Waals surface area contributed by atoms with E-state index in [4.69, 9.17) is 11.6 Å². The second-order valence-electron chi connectivity index (χ2n) is 9.04. The number of halogens is 4. The number of likely N-dealkylation sites (tertiary alicyclic amines) is 1. The molecule has 3 aromatic rings. The first-order valence-electron chi connectivity index (χ1n) is 11.9. The highest BCUT2D eigenvalue weighted by atomic mass is 127. The molecule has 8 heteroatoms. The van der Waals surface area contributed by atoms with Gasteiger partial charge in [-0.05, 0) is 82.9 Å². The van der Waals surface area contributed by atoms with Crippen molar-refractivity contribution in [2.75, 3.05) is 26.2 Å². The van der Waals surface area contributed by atoms with Crippen LogP contribution < -0.4 is 5.32 Å². The first kappa shape index (κ1) is 26.8. The van der Waals surface area contributed by atoms with Gasteiger partial charge in [0, 0.05) is 36.0 Å². The zero-order chi connectivity index (χ0) is 25.6. The number of carbonyl (C=O) groups is 1. The molecule has 0 saturated carbocycles. The van der Waals surface area contributed by atoms with E-state index in [0.717, 1.165) is 31.6 Å². The van der Waals surface area contributed by atoms with Gasteiger partial charge in [0.1, 0.15) is 0 Å². The summed E-state index contributed by atoms with van der Waals surface area (Å²) >= 11 is 4.74. The van der Waals surface area contributed by atoms with Crippen molar-refractivity contribution >= 4 is 42.8 Å². The smallest absolute Gasteiger partial charge is 0.316 e. The maximum atomic E-state index is 14.4. The second kappa shape index (κ2) is 11.9. The van der Waals surface area contributed by atoms with Crippen LogP contribution in [0.3, 0.4) is 0 Å². The number of benzene rings is 2. The topological polar surface area (TPSA) is 45.2 Å². The lowest BCUT2D eigenvalue weighted by atomic mass is 9.75. The third-order valence-corrected chi connectivity index (χ3v) is 8.78. The van der Waals surface area contributed by atoms with Crippen LogP contribution in [-0.2, 0) is 15.8 Å². The van der Waals surface area contributed by atoms with E-state index < -0.39 is 24.7 Å². The largest absolute Gasteiger partial charge is 0.351 e. The lowest BCUT2D eigenvalue weighted by Gasteiger charge is -2.41. The summed E-state index contributed by atoms with van der Waals surface area (Å²) in [6, 6.07) is 19.7. The van der Waals surface area contributed by atoms with Crippen LogP contribution in [0.4, 0.5) is 8.78 Å². The molecule has 2 aromatic carbocycles. The lowest BCUT2D eigenvalue weighted by molar-refractivity contribution is 0.0919. The summed E-state index contributed by atoms with van der Waals surface area (Å²) in [5, 5.41) is 3.50. The summed E-state index contributed by atoms with van der Waals surface area (Å²) in [6.07, 6.45) is 3.95. The highest BCUT2D eigenvalue weighted by Crippen LogP contribution is 2.40. The van der Waals surface area contributed by atoms with Crippen molar-refractivity contribution < 1.29 is 13.6 Å². The Balaban J connectivity index is 1.43. The van der Waals surface area contributed by atoms with Crippen LogP contribution in [0.15, 0.2) is 72.9 Å². The molecule has 1 amide bonds. The number of pyridine rings is 1. The molecule has 2 heterocycles. The molecule has 0 radical (unpaired) electrons. The lowest BCUT2D eigenvalue weighted by Crippen LogP contribution is -2.49. The van der Waals surface area contributed by atoms with Gasteiger partial charge in [0.25, 0.3) is 5.91 Å². The fourth-order valence-electron chi connectivity index (χ4n) is 4.76. The van der Waals surface area contributed by atoms with Gasteiger partial charge in [-0.3, -0.25) is 9.78 Å². The number of hydrogen-bond acceptors (Lipinski definition) is 3. The monoisotopic (exact) mass is 623 g/mol. The molecule has 1 aromatic heterocycles. The summed E-state index contributed by atoms with van der Waals surface area (Å²) in [5.41, 5.74) is 1.91. The van der Waals surface area contributed by atoms with Crippen LogP contribution in [0.25, 0.3) is 0 Å². The van der Waals surface area contributed by atoms with E-state index in [2.05, 4.69) is 19.7 Å². The number of hydrogen-bond donors (Lipinski definition) is 1. The van der Waals surface area contributed by atoms with E-state index in [1.165, 1.54) is 6.07 Å². The van der Waals surface area contributed by atoms with E-state index in [-0.39, 0.29) is 16.9 Å². The van der Waals surface area contributed by atoms with Crippen molar-refractivity contribution in [3.05, 3.63) is 100 Å². The molecule has 0 bridgehead atoms. The zero-order valence-electron chi connectivity index (χ0n) is 19.9. The molecule has 4 nitrogen and oxygen atoms in total. The molecule has 1 fully saturated rings. The third kappa shape index (κ3) is 6.18. The van der Waals surface area contributed by atoms with Crippen molar-refractivity contribution in [3.8, 4) is 0 Å². The van der Waals surface area contributed by atoms with Crippen molar-refractivity contribution in [2.45, 2.75) is 28.6 Å². The number of nitrogens with one attached hydrogen (secondary N) is 1. The molecule has 1 saturated heterocycles. The molecular formula is C28H29ClF2IN3O. The van der Waals surface area contributed by atoms with E-state index in [9.17, 15) is 13.6 Å². The maximum absolute atomic E-state index is 14.4. The van der Waals surface area contributed by atoms with Crippen molar-refractivity contribution in [1.82, 2.24) is 15.2 Å². The van der Waals surface area contributed by atoms with Crippen LogP contribution >= 0.6 is 32.3 Å². The molecule has 0 atom stereocenters. The molecule has 1 aliphatic heterocycles. The van der Waals surface area contributed by atoms with Gasteiger partial charge in [-0.25, -0.2) is 0 Å². The van der Waals surface area contributed by atoms with Crippen LogP contribution in [0, 0.1) is 0 Å². The molecule has 4 rings (SSSR count). The summed E-state index contributed by atoms with van der Waals surface area (Å²) < 4.78 is 29.6. The molecular weight excluding hydrogens is 595 g/mol. The molecule has 1 aliphatic rings. The van der Waals surface area contributed by atoms with Gasteiger partial charge in [0.05, 0.1) is 10.6 Å². The summed E-state index contributed by atoms with van der Waals surface area (Å²) in [5.74, 6) is -0.205. The minimum absolute atomic E-state index is 0.120. The average molecular weight is 624 g/mol. The molecule has 1 N–H and O–H groups in total. The molecule has 0 aliphatic carbocycles. The Morgan fingerprint density at radius 1 is 1.08 bits per heavy atom. The van der Waals surface area contributed by atoms with Gasteiger partial charge in [0.15, 0.2) is 0 Å². The standard InChI is InChI=1S/C28H29ClF2IN3O/c1-32-28(30,31)23-10-4-2-8-21(23)13-17-35-18-14-27(15-19-35,25-12-6-7-16-33-25)20-34-26(36)22-9-3-5-11-24(22)29/h2-12,16H,1,13-15,17-20H2,(H,34,36). The first-order chi connectivity index (χ1) is 17.3. The minimum Gasteiger partial charge on any atom is -0.351 e. The van der Waals surface area contributed by atoms with Crippen LogP contribution in [-0.4, -0.2) is 46.5 Å². The van der Waals surface area contributed by atoms with E-state index in [1.54, 1.807) is 42.6 Å². The van der Waals surface area contributed by atoms with Crippen LogP contribution in [0.1, 0.15) is 40.0 Å². The summed E-state index contributed by atoms with van der Waals surface area (Å²) in [6.45, 7) is 2.73. The first-order valence-corrected chi connectivity index (χ1v) is 14.9. The van der Waals surface area contributed by atoms with Crippen molar-refractivity contribution in [3.63, 3.8) is 0 Å². The fourth-order valence-corrected chi connectivity index (χ4v) is 5.92. The van der Waals surface area contributed by atoms with E-state index in [1.807, 2.05) is 24.3 Å². The number of carbonyl (C=O) groups excluding carboxylic acids is 1. The molecule has 0 unspecified atom stereocenters. The summed E-state index contributed by atoms with van der Waals surface area (Å²) in [7, 11) is 0. The number of alkyl halides is 3. The normalized spacial score (nSPS) is 16.0. The Hall–Kier alpha value is -2.23. The minimum atomic E-state index is -2.81. The van der Waals surface area contributed by atoms with Crippen molar-refractivity contribution in [1.29, 1.82) is 0 Å². The van der Waals surface area contributed by atoms with E-state index in [0.29, 0.717) is 35.7 Å². The van der Waals surface area contributed by atoms with Gasteiger partial charge in [-0.1, -0.05) is 58.6 Å². The number of amides is 1. The third-order valence-electron chi connectivity index (χ3n) is 6.92. The molecule has 190 valence electrons. The Morgan fingerprint density at radius 3 is 2.47 bits per heavy atom. The van der Waals surface area contributed by atoms with Crippen LogP contribution in [0.2, 0.25) is 5.02 Å². The van der Waals surface area contributed by atoms with Gasteiger partial charge in [-0.15, -0.1) is 0 Å². The average Bonchev–Trinajstić information content (AvgIpc) is 2.92. The number of rotatable bonds is 9. The number of piperidine rings is 1. The highest BCUT2D eigenvalue weighted by Gasteiger charge is 2.38. The Morgan fingerprint density at radius 2 is 1.78 bits per heavy atom. The fraction of sp³-hybridized carbons (Fsp3) is 0.321. The van der Waals surface area contributed by atoms with Gasteiger partial charge >= 0.3 is 3.93 Å². The SMILES string of the molecule is C=IC(F)(F)c1ccccc1CCN1CCC(CNC(=O)c2ccccc2Cl)(c2ccccn2)CC1. The Labute approximate surface area is 225 Å². The summed E-state index contributed by atoms with van der Waals surface area (Å²) in [4.78, 5) is 19.8. The van der Waals surface area contributed by atoms with Crippen molar-refractivity contribution in [2.24, 2.45) is 0 Å². The Bertz CT molecular complexity index is 1200. The molecule has 0 spiro atoms. The number of nitrogens with zero attached hydrogens (tertiary/aromatic N) is 2.